The van der Waals surface area contributed by atoms with Crippen LogP contribution < -0.4 is 0 Å². The zero-order valence-corrected chi connectivity index (χ0v) is 19.3. The molecule has 0 aliphatic carbocycles. The van der Waals surface area contributed by atoms with E-state index in [-0.39, 0.29) is 17.9 Å². The van der Waals surface area contributed by atoms with E-state index in [1.165, 1.54) is 10.9 Å². The molecule has 3 unspecified atom stereocenters. The Morgan fingerprint density at radius 1 is 1.16 bits per heavy atom. The van der Waals surface area contributed by atoms with Gasteiger partial charge in [-0.25, -0.2) is 22.6 Å². The van der Waals surface area contributed by atoms with Crippen molar-refractivity contribution in [2.75, 3.05) is 13.7 Å². The summed E-state index contributed by atoms with van der Waals surface area (Å²) in [4.78, 5) is 12.0. The van der Waals surface area contributed by atoms with Crippen LogP contribution in [-0.2, 0) is 23.7 Å². The SMILES string of the molecule is COC(=O)[C@@H](O)[C@@H]1OC2COC(c3ccccc3)O[C@@H]2[C@H](n2cc(-c3cc(F)c(F)c(F)c3)nn2)C1O. The number of methoxy groups -OCH3 is 1. The van der Waals surface area contributed by atoms with Gasteiger partial charge in [0, 0.05) is 11.1 Å². The third-order valence-electron chi connectivity index (χ3n) is 6.34. The van der Waals surface area contributed by atoms with E-state index in [1.807, 2.05) is 6.07 Å². The number of esters is 1. The summed E-state index contributed by atoms with van der Waals surface area (Å²) in [6, 6.07) is 9.42. The predicted octanol–water partition coefficient (Wildman–Crippen LogP) is 1.68. The lowest BCUT2D eigenvalue weighted by molar-refractivity contribution is -0.323. The van der Waals surface area contributed by atoms with Crippen molar-refractivity contribution in [3.05, 3.63) is 71.7 Å². The number of hydrogen-bond acceptors (Lipinski definition) is 9. The molecular weight excluding hydrogens is 499 g/mol. The van der Waals surface area contributed by atoms with E-state index in [1.54, 1.807) is 24.3 Å². The average Bonchev–Trinajstić information content (AvgIpc) is 3.40. The molecule has 2 saturated heterocycles. The van der Waals surface area contributed by atoms with Crippen LogP contribution in [0.25, 0.3) is 11.3 Å². The van der Waals surface area contributed by atoms with Crippen LogP contribution in [0.3, 0.4) is 0 Å². The molecule has 5 rings (SSSR count). The number of carbonyl (C=O) groups is 1. The Morgan fingerprint density at radius 2 is 1.86 bits per heavy atom. The maximum absolute atomic E-state index is 13.8. The monoisotopic (exact) mass is 521 g/mol. The summed E-state index contributed by atoms with van der Waals surface area (Å²) in [6.07, 6.45) is -6.18. The van der Waals surface area contributed by atoms with E-state index in [0.717, 1.165) is 19.2 Å². The number of rotatable bonds is 5. The number of benzene rings is 2. The molecule has 13 heteroatoms. The molecule has 2 aliphatic heterocycles. The second kappa shape index (κ2) is 10.2. The van der Waals surface area contributed by atoms with E-state index in [4.69, 9.17) is 14.2 Å². The quantitative estimate of drug-likeness (QED) is 0.381. The van der Waals surface area contributed by atoms with Crippen molar-refractivity contribution in [2.45, 2.75) is 42.9 Å². The largest absolute Gasteiger partial charge is 0.467 e. The summed E-state index contributed by atoms with van der Waals surface area (Å²) in [7, 11) is 1.07. The number of carbonyl (C=O) groups excluding carboxylic acids is 1. The van der Waals surface area contributed by atoms with Crippen LogP contribution >= 0.6 is 0 Å². The first-order valence-electron chi connectivity index (χ1n) is 11.3. The lowest BCUT2D eigenvalue weighted by Gasteiger charge is -2.48. The van der Waals surface area contributed by atoms with Gasteiger partial charge >= 0.3 is 5.97 Å². The molecule has 3 heterocycles. The Bertz CT molecular complexity index is 1250. The maximum Gasteiger partial charge on any atom is 0.337 e. The molecule has 0 spiro atoms. The van der Waals surface area contributed by atoms with Gasteiger partial charge in [-0.1, -0.05) is 35.5 Å². The fraction of sp³-hybridized carbons (Fsp3) is 0.375. The maximum atomic E-state index is 13.8. The molecule has 0 bridgehead atoms. The van der Waals surface area contributed by atoms with E-state index in [9.17, 15) is 28.2 Å². The second-order valence-corrected chi connectivity index (χ2v) is 8.60. The minimum Gasteiger partial charge on any atom is -0.467 e. The van der Waals surface area contributed by atoms with Crippen molar-refractivity contribution in [1.29, 1.82) is 0 Å². The Morgan fingerprint density at radius 3 is 2.54 bits per heavy atom. The van der Waals surface area contributed by atoms with Crippen LogP contribution in [0.1, 0.15) is 17.9 Å². The summed E-state index contributed by atoms with van der Waals surface area (Å²) in [5.74, 6) is -5.47. The van der Waals surface area contributed by atoms with Gasteiger partial charge in [-0.15, -0.1) is 5.10 Å². The van der Waals surface area contributed by atoms with Crippen LogP contribution in [0.4, 0.5) is 13.2 Å². The number of ether oxygens (including phenoxy) is 4. The topological polar surface area (TPSA) is 125 Å². The first kappa shape index (κ1) is 25.3. The molecule has 2 aliphatic rings. The van der Waals surface area contributed by atoms with Crippen LogP contribution in [-0.4, -0.2) is 75.4 Å². The number of aromatic nitrogens is 3. The van der Waals surface area contributed by atoms with Crippen molar-refractivity contribution < 1.29 is 47.1 Å². The Hall–Kier alpha value is -3.36. The molecule has 2 fully saturated rings. The van der Waals surface area contributed by atoms with Gasteiger partial charge in [0.1, 0.15) is 36.2 Å². The molecule has 0 saturated carbocycles. The van der Waals surface area contributed by atoms with Gasteiger partial charge in [-0.2, -0.15) is 0 Å². The summed E-state index contributed by atoms with van der Waals surface area (Å²) < 4.78 is 64.5. The predicted molar refractivity (Wildman–Crippen MR) is 117 cm³/mol. The van der Waals surface area contributed by atoms with E-state index in [2.05, 4.69) is 15.0 Å². The summed E-state index contributed by atoms with van der Waals surface area (Å²) in [5.41, 5.74) is 0.578. The lowest BCUT2D eigenvalue weighted by atomic mass is 9.89. The molecular formula is C24H22F3N3O7. The first-order valence-corrected chi connectivity index (χ1v) is 11.3. The van der Waals surface area contributed by atoms with Gasteiger partial charge in [-0.05, 0) is 12.1 Å². The van der Waals surface area contributed by atoms with Crippen LogP contribution in [0, 0.1) is 17.5 Å². The highest BCUT2D eigenvalue weighted by Gasteiger charge is 2.53. The van der Waals surface area contributed by atoms with Gasteiger partial charge in [0.05, 0.1) is 19.9 Å². The van der Waals surface area contributed by atoms with E-state index >= 15 is 0 Å². The molecule has 37 heavy (non-hydrogen) atoms. The highest BCUT2D eigenvalue weighted by Crippen LogP contribution is 2.40. The summed E-state index contributed by atoms with van der Waals surface area (Å²) >= 11 is 0. The normalized spacial score (nSPS) is 28.4. The molecule has 2 aromatic carbocycles. The van der Waals surface area contributed by atoms with Crippen molar-refractivity contribution in [1.82, 2.24) is 15.0 Å². The Balaban J connectivity index is 1.51. The molecule has 10 nitrogen and oxygen atoms in total. The fourth-order valence-electron chi connectivity index (χ4n) is 4.50. The minimum absolute atomic E-state index is 0.0201. The average molecular weight is 521 g/mol. The second-order valence-electron chi connectivity index (χ2n) is 8.60. The number of fused-ring (bicyclic) bond motifs is 1. The van der Waals surface area contributed by atoms with E-state index in [0.29, 0.717) is 5.56 Å². The summed E-state index contributed by atoms with van der Waals surface area (Å²) in [6.45, 7) is -0.0201. The fourth-order valence-corrected chi connectivity index (χ4v) is 4.50. The van der Waals surface area contributed by atoms with Gasteiger partial charge in [0.15, 0.2) is 29.8 Å². The smallest absolute Gasteiger partial charge is 0.337 e. The zero-order chi connectivity index (χ0) is 26.3. The molecule has 2 N–H and O–H groups in total. The van der Waals surface area contributed by atoms with E-state index < -0.39 is 66.3 Å². The molecule has 0 amide bonds. The summed E-state index contributed by atoms with van der Waals surface area (Å²) in [5, 5.41) is 29.6. The molecule has 3 aromatic rings. The van der Waals surface area contributed by atoms with Gasteiger partial charge in [0.2, 0.25) is 0 Å². The third-order valence-corrected chi connectivity index (χ3v) is 6.34. The number of hydrogen-bond donors (Lipinski definition) is 2. The molecule has 196 valence electrons. The van der Waals surface area contributed by atoms with Crippen LogP contribution in [0.2, 0.25) is 0 Å². The van der Waals surface area contributed by atoms with Crippen molar-refractivity contribution >= 4 is 5.97 Å². The van der Waals surface area contributed by atoms with Crippen molar-refractivity contribution in [3.63, 3.8) is 0 Å². The highest BCUT2D eigenvalue weighted by molar-refractivity contribution is 5.75. The Labute approximate surface area is 208 Å². The number of nitrogens with zero attached hydrogens (tertiary/aromatic N) is 3. The first-order chi connectivity index (χ1) is 17.8. The molecule has 7 atom stereocenters. The Kier molecular flexibility index (Phi) is 6.96. The van der Waals surface area contributed by atoms with Crippen LogP contribution in [0.15, 0.2) is 48.7 Å². The zero-order valence-electron chi connectivity index (χ0n) is 19.3. The minimum atomic E-state index is -1.85. The third kappa shape index (κ3) is 4.71. The molecule has 1 aromatic heterocycles. The number of halogens is 3. The lowest BCUT2D eigenvalue weighted by Crippen LogP contribution is -2.62. The van der Waals surface area contributed by atoms with Crippen molar-refractivity contribution in [3.8, 4) is 11.3 Å². The molecule has 0 radical (unpaired) electrons. The number of aliphatic hydroxyl groups excluding tert-OH is 2. The number of aliphatic hydroxyl groups is 2. The highest BCUT2D eigenvalue weighted by atomic mass is 19.2. The van der Waals surface area contributed by atoms with Gasteiger partial charge in [0.25, 0.3) is 0 Å². The van der Waals surface area contributed by atoms with Crippen LogP contribution in [0.5, 0.6) is 0 Å². The standard InChI is InChI=1S/C24H22F3N3O7/c1-34-23(33)20(32)22-19(31)18(21-16(36-22)10-35-24(37-21)11-5-3-2-4-6-11)30-9-15(28-29-30)12-7-13(25)17(27)14(26)8-12/h2-9,16,18-22,24,31-32H,10H2,1H3/t16?,18-,19?,20+,21+,22-,24?/m1/s1. The van der Waals surface area contributed by atoms with Gasteiger partial charge in [-0.3, -0.25) is 0 Å². The van der Waals surface area contributed by atoms with Gasteiger partial charge < -0.3 is 29.2 Å². The van der Waals surface area contributed by atoms with Crippen molar-refractivity contribution in [2.24, 2.45) is 0 Å².